The number of rotatable bonds is 12. The summed E-state index contributed by atoms with van der Waals surface area (Å²) in [6.07, 6.45) is 3.64. The zero-order valence-electron chi connectivity index (χ0n) is 25.4. The lowest BCUT2D eigenvalue weighted by Gasteiger charge is -2.35. The van der Waals surface area contributed by atoms with E-state index in [1.807, 2.05) is 45.0 Å². The molecule has 4 rings (SSSR count). The first-order valence-electron chi connectivity index (χ1n) is 15.1. The van der Waals surface area contributed by atoms with E-state index in [9.17, 15) is 24.0 Å². The number of urea groups is 1. The van der Waals surface area contributed by atoms with E-state index in [1.165, 1.54) is 6.08 Å². The molecule has 0 bridgehead atoms. The number of carbonyl (C=O) groups is 5. The van der Waals surface area contributed by atoms with Crippen molar-refractivity contribution in [2.75, 3.05) is 13.1 Å². The van der Waals surface area contributed by atoms with Gasteiger partial charge < -0.3 is 26.2 Å². The SMILES string of the molecule is C=CCNC(=O)C(=O)C(CCC)NC(=O)[C@@H]1[C@@H]2[C@H](CN1C(=O)[C@@H](NC(=O)NC(C)C)C1Cc3ccccc3C1)C2(C)C. The number of fused-ring (bicyclic) bond motifs is 2. The van der Waals surface area contributed by atoms with Crippen LogP contribution in [-0.4, -0.2) is 71.7 Å². The minimum atomic E-state index is -1.000. The van der Waals surface area contributed by atoms with E-state index in [4.69, 9.17) is 0 Å². The van der Waals surface area contributed by atoms with Gasteiger partial charge in [-0.15, -0.1) is 6.58 Å². The van der Waals surface area contributed by atoms with Crippen molar-refractivity contribution in [2.24, 2.45) is 23.2 Å². The van der Waals surface area contributed by atoms with E-state index >= 15 is 0 Å². The second-order valence-electron chi connectivity index (χ2n) is 12.8. The number of benzene rings is 1. The highest BCUT2D eigenvalue weighted by Gasteiger charge is 2.69. The van der Waals surface area contributed by atoms with E-state index in [0.29, 0.717) is 32.2 Å². The molecule has 42 heavy (non-hydrogen) atoms. The van der Waals surface area contributed by atoms with Crippen LogP contribution in [0.15, 0.2) is 36.9 Å². The number of hydrogen-bond donors (Lipinski definition) is 4. The largest absolute Gasteiger partial charge is 0.346 e. The Kier molecular flexibility index (Phi) is 9.43. The molecule has 10 nitrogen and oxygen atoms in total. The van der Waals surface area contributed by atoms with Gasteiger partial charge in [0.05, 0.1) is 6.04 Å². The van der Waals surface area contributed by atoms with Crippen molar-refractivity contribution < 1.29 is 24.0 Å². The molecule has 1 saturated heterocycles. The quantitative estimate of drug-likeness (QED) is 0.222. The van der Waals surface area contributed by atoms with Gasteiger partial charge in [0, 0.05) is 19.1 Å². The van der Waals surface area contributed by atoms with Crippen molar-refractivity contribution in [2.45, 2.75) is 84.5 Å². The fourth-order valence-electron chi connectivity index (χ4n) is 6.87. The second kappa shape index (κ2) is 12.7. The minimum absolute atomic E-state index is 0.0839. The Morgan fingerprint density at radius 2 is 1.69 bits per heavy atom. The van der Waals surface area contributed by atoms with Gasteiger partial charge in [0.2, 0.25) is 17.6 Å². The number of nitrogens with one attached hydrogen (secondary N) is 4. The topological polar surface area (TPSA) is 137 Å². The Labute approximate surface area is 248 Å². The number of likely N-dealkylation sites (tertiary alicyclic amines) is 1. The number of piperidine rings is 1. The Bertz CT molecular complexity index is 1220. The van der Waals surface area contributed by atoms with E-state index in [1.54, 1.807) is 4.90 Å². The number of amides is 5. The van der Waals surface area contributed by atoms with Gasteiger partial charge in [-0.1, -0.05) is 57.5 Å². The molecule has 1 aliphatic heterocycles. The van der Waals surface area contributed by atoms with Crippen LogP contribution in [0, 0.1) is 23.2 Å². The monoisotopic (exact) mass is 579 g/mol. The molecular weight excluding hydrogens is 534 g/mol. The van der Waals surface area contributed by atoms with Gasteiger partial charge in [-0.2, -0.15) is 0 Å². The summed E-state index contributed by atoms with van der Waals surface area (Å²) in [6.45, 7) is 13.8. The molecule has 1 saturated carbocycles. The fourth-order valence-corrected chi connectivity index (χ4v) is 6.87. The van der Waals surface area contributed by atoms with E-state index < -0.39 is 41.8 Å². The number of Topliss-reactive ketones (excluding diaryl/α,β-unsaturated/α-hetero) is 1. The average Bonchev–Trinajstić information content (AvgIpc) is 3.31. The molecule has 5 amide bonds. The van der Waals surface area contributed by atoms with Crippen LogP contribution in [0.1, 0.15) is 58.6 Å². The zero-order chi connectivity index (χ0) is 30.8. The van der Waals surface area contributed by atoms with Crippen molar-refractivity contribution in [1.82, 2.24) is 26.2 Å². The molecule has 3 aliphatic rings. The van der Waals surface area contributed by atoms with Gasteiger partial charge in [0.1, 0.15) is 12.1 Å². The average molecular weight is 580 g/mol. The van der Waals surface area contributed by atoms with Crippen LogP contribution < -0.4 is 21.3 Å². The standard InChI is InChI=1S/C32H45N5O5/c1-7-11-23(27(38)29(40)33-14-8-2)35-28(39)26-24-22(32(24,5)6)17-37(26)30(41)25(36-31(42)34-18(3)4)21-15-19-12-9-10-13-20(19)16-21/h8-10,12-13,18,21-26H,2,7,11,14-17H2,1,3-6H3,(H,33,40)(H,35,39)(H2,34,36,42)/t22-,23?,24-,25-,26-/m0/s1. The smallest absolute Gasteiger partial charge is 0.315 e. The van der Waals surface area contributed by atoms with E-state index in [-0.39, 0.29) is 41.7 Å². The zero-order valence-corrected chi connectivity index (χ0v) is 25.4. The molecule has 228 valence electrons. The Hall–Kier alpha value is -3.69. The second-order valence-corrected chi connectivity index (χ2v) is 12.8. The molecule has 2 aliphatic carbocycles. The first-order chi connectivity index (χ1) is 19.9. The lowest BCUT2D eigenvalue weighted by Crippen LogP contribution is -2.60. The molecule has 5 atom stereocenters. The van der Waals surface area contributed by atoms with Crippen LogP contribution in [-0.2, 0) is 32.0 Å². The van der Waals surface area contributed by atoms with Gasteiger partial charge >= 0.3 is 6.03 Å². The maximum Gasteiger partial charge on any atom is 0.315 e. The molecule has 0 spiro atoms. The first-order valence-corrected chi connectivity index (χ1v) is 15.1. The molecule has 0 aromatic heterocycles. The Morgan fingerprint density at radius 1 is 1.05 bits per heavy atom. The Balaban J connectivity index is 1.58. The summed E-state index contributed by atoms with van der Waals surface area (Å²) in [7, 11) is 0. The number of nitrogens with zero attached hydrogens (tertiary/aromatic N) is 1. The molecule has 1 aromatic carbocycles. The molecule has 1 heterocycles. The van der Waals surface area contributed by atoms with Crippen molar-refractivity contribution in [3.8, 4) is 0 Å². The van der Waals surface area contributed by atoms with Crippen LogP contribution in [0.2, 0.25) is 0 Å². The van der Waals surface area contributed by atoms with E-state index in [2.05, 4.69) is 41.7 Å². The summed E-state index contributed by atoms with van der Waals surface area (Å²) < 4.78 is 0. The van der Waals surface area contributed by atoms with Crippen LogP contribution in [0.3, 0.4) is 0 Å². The van der Waals surface area contributed by atoms with Crippen LogP contribution in [0.5, 0.6) is 0 Å². The summed E-state index contributed by atoms with van der Waals surface area (Å²) in [5.74, 6) is -2.35. The lowest BCUT2D eigenvalue weighted by molar-refractivity contribution is -0.144. The summed E-state index contributed by atoms with van der Waals surface area (Å²) in [6, 6.07) is 4.86. The summed E-state index contributed by atoms with van der Waals surface area (Å²) in [5.41, 5.74) is 2.16. The van der Waals surface area contributed by atoms with E-state index in [0.717, 1.165) is 11.1 Å². The van der Waals surface area contributed by atoms with Crippen LogP contribution in [0.25, 0.3) is 0 Å². The lowest BCUT2D eigenvalue weighted by atomic mass is 9.93. The number of carbonyl (C=O) groups excluding carboxylic acids is 5. The van der Waals surface area contributed by atoms with Crippen LogP contribution >= 0.6 is 0 Å². The molecule has 10 heteroatoms. The highest BCUT2D eigenvalue weighted by atomic mass is 16.2. The third-order valence-corrected chi connectivity index (χ3v) is 9.13. The summed E-state index contributed by atoms with van der Waals surface area (Å²) in [5, 5.41) is 11.1. The molecule has 0 radical (unpaired) electrons. The summed E-state index contributed by atoms with van der Waals surface area (Å²) in [4.78, 5) is 68.0. The maximum absolute atomic E-state index is 14.3. The van der Waals surface area contributed by atoms with Gasteiger partial charge in [0.15, 0.2) is 0 Å². The molecular formula is C32H45N5O5. The highest BCUT2D eigenvalue weighted by Crippen LogP contribution is 2.65. The highest BCUT2D eigenvalue weighted by molar-refractivity contribution is 6.38. The van der Waals surface area contributed by atoms with Gasteiger partial charge in [-0.05, 0) is 67.4 Å². The maximum atomic E-state index is 14.3. The predicted octanol–water partition coefficient (Wildman–Crippen LogP) is 2.12. The fraction of sp³-hybridized carbons (Fsp3) is 0.594. The first kappa shape index (κ1) is 31.3. The summed E-state index contributed by atoms with van der Waals surface area (Å²) >= 11 is 0. The predicted molar refractivity (Wildman–Crippen MR) is 159 cm³/mol. The van der Waals surface area contributed by atoms with Crippen LogP contribution in [0.4, 0.5) is 4.79 Å². The number of ketones is 1. The third kappa shape index (κ3) is 6.37. The van der Waals surface area contributed by atoms with Crippen molar-refractivity contribution in [1.29, 1.82) is 0 Å². The third-order valence-electron chi connectivity index (χ3n) is 9.13. The van der Waals surface area contributed by atoms with Crippen molar-refractivity contribution in [3.63, 3.8) is 0 Å². The normalized spacial score (nSPS) is 23.3. The van der Waals surface area contributed by atoms with Crippen molar-refractivity contribution in [3.05, 3.63) is 48.0 Å². The van der Waals surface area contributed by atoms with Gasteiger partial charge in [0.25, 0.3) is 5.91 Å². The van der Waals surface area contributed by atoms with Gasteiger partial charge in [-0.3, -0.25) is 19.2 Å². The Morgan fingerprint density at radius 3 is 2.26 bits per heavy atom. The van der Waals surface area contributed by atoms with Crippen molar-refractivity contribution >= 4 is 29.5 Å². The minimum Gasteiger partial charge on any atom is -0.346 e. The molecule has 1 aromatic rings. The number of hydrogen-bond acceptors (Lipinski definition) is 5. The molecule has 1 unspecified atom stereocenters. The molecule has 2 fully saturated rings. The molecule has 4 N–H and O–H groups in total. The van der Waals surface area contributed by atoms with Gasteiger partial charge in [-0.25, -0.2) is 4.79 Å².